The van der Waals surface area contributed by atoms with E-state index < -0.39 is 0 Å². The van der Waals surface area contributed by atoms with E-state index in [9.17, 15) is 0 Å². The molecule has 1 aliphatic rings. The van der Waals surface area contributed by atoms with Gasteiger partial charge in [0.25, 0.3) is 0 Å². The number of aromatic nitrogens is 2. The molecule has 0 aromatic carbocycles. The minimum Gasteiger partial charge on any atom is -0.368 e. The van der Waals surface area contributed by atoms with Crippen LogP contribution in [0.3, 0.4) is 0 Å². The molecule has 1 aromatic rings. The summed E-state index contributed by atoms with van der Waals surface area (Å²) in [6, 6.07) is 2.64. The average molecular weight is 234 g/mol. The van der Waals surface area contributed by atoms with E-state index in [-0.39, 0.29) is 0 Å². The van der Waals surface area contributed by atoms with E-state index in [0.29, 0.717) is 17.9 Å². The van der Waals surface area contributed by atoms with Crippen molar-refractivity contribution in [1.82, 2.24) is 9.97 Å². The van der Waals surface area contributed by atoms with Crippen LogP contribution in [0.2, 0.25) is 0 Å². The normalized spacial score (nSPS) is 20.9. The standard InChI is InChI=1S/C13H22N4/c1-9(2)11-8-12(16-13(14)15-11)17-7-5-4-6-10(17)3/h8-10H,4-7H2,1-3H3,(H2,14,15,16). The lowest BCUT2D eigenvalue weighted by Gasteiger charge is -2.34. The fourth-order valence-corrected chi connectivity index (χ4v) is 2.35. The van der Waals surface area contributed by atoms with Crippen molar-refractivity contribution in [2.24, 2.45) is 0 Å². The lowest BCUT2D eigenvalue weighted by molar-refractivity contribution is 0.481. The Balaban J connectivity index is 2.30. The van der Waals surface area contributed by atoms with Crippen LogP contribution in [0, 0.1) is 0 Å². The third-order valence-corrected chi connectivity index (χ3v) is 3.44. The Morgan fingerprint density at radius 1 is 1.35 bits per heavy atom. The van der Waals surface area contributed by atoms with Crippen molar-refractivity contribution in [3.63, 3.8) is 0 Å². The zero-order valence-corrected chi connectivity index (χ0v) is 11.0. The molecule has 94 valence electrons. The van der Waals surface area contributed by atoms with Gasteiger partial charge in [-0.1, -0.05) is 13.8 Å². The van der Waals surface area contributed by atoms with Gasteiger partial charge in [0.1, 0.15) is 5.82 Å². The van der Waals surface area contributed by atoms with Gasteiger partial charge in [-0.3, -0.25) is 0 Å². The van der Waals surface area contributed by atoms with E-state index >= 15 is 0 Å². The van der Waals surface area contributed by atoms with E-state index in [1.165, 1.54) is 19.3 Å². The topological polar surface area (TPSA) is 55.0 Å². The third kappa shape index (κ3) is 2.68. The van der Waals surface area contributed by atoms with Crippen molar-refractivity contribution in [2.45, 2.75) is 52.0 Å². The molecule has 2 N–H and O–H groups in total. The lowest BCUT2D eigenvalue weighted by atomic mass is 10.0. The summed E-state index contributed by atoms with van der Waals surface area (Å²) in [6.45, 7) is 7.60. The van der Waals surface area contributed by atoms with Crippen LogP contribution < -0.4 is 10.6 Å². The van der Waals surface area contributed by atoms with Crippen LogP contribution in [0.1, 0.15) is 51.6 Å². The van der Waals surface area contributed by atoms with Crippen molar-refractivity contribution in [3.05, 3.63) is 11.8 Å². The molecular formula is C13H22N4. The highest BCUT2D eigenvalue weighted by Crippen LogP contribution is 2.25. The molecule has 0 aliphatic carbocycles. The summed E-state index contributed by atoms with van der Waals surface area (Å²) >= 11 is 0. The minimum absolute atomic E-state index is 0.388. The second-order valence-electron chi connectivity index (χ2n) is 5.20. The van der Waals surface area contributed by atoms with Crippen molar-refractivity contribution >= 4 is 11.8 Å². The van der Waals surface area contributed by atoms with Gasteiger partial charge in [0.05, 0.1) is 5.69 Å². The zero-order valence-electron chi connectivity index (χ0n) is 11.0. The summed E-state index contributed by atoms with van der Waals surface area (Å²) in [7, 11) is 0. The molecule has 1 unspecified atom stereocenters. The van der Waals surface area contributed by atoms with Crippen molar-refractivity contribution in [1.29, 1.82) is 0 Å². The van der Waals surface area contributed by atoms with Gasteiger partial charge in [-0.15, -0.1) is 0 Å². The smallest absolute Gasteiger partial charge is 0.222 e. The van der Waals surface area contributed by atoms with Crippen LogP contribution in [0.15, 0.2) is 6.07 Å². The number of anilines is 2. The van der Waals surface area contributed by atoms with E-state index in [2.05, 4.69) is 41.7 Å². The molecule has 1 fully saturated rings. The Morgan fingerprint density at radius 2 is 2.12 bits per heavy atom. The first-order valence-corrected chi connectivity index (χ1v) is 6.49. The van der Waals surface area contributed by atoms with Gasteiger partial charge < -0.3 is 10.6 Å². The minimum atomic E-state index is 0.388. The number of nitrogen functional groups attached to an aromatic ring is 1. The van der Waals surface area contributed by atoms with E-state index in [0.717, 1.165) is 18.1 Å². The Hall–Kier alpha value is -1.32. The Morgan fingerprint density at radius 3 is 2.76 bits per heavy atom. The maximum absolute atomic E-state index is 5.80. The zero-order chi connectivity index (χ0) is 12.4. The van der Waals surface area contributed by atoms with E-state index in [4.69, 9.17) is 5.73 Å². The molecule has 17 heavy (non-hydrogen) atoms. The molecule has 0 saturated carbocycles. The fourth-order valence-electron chi connectivity index (χ4n) is 2.35. The molecule has 1 aromatic heterocycles. The third-order valence-electron chi connectivity index (χ3n) is 3.44. The summed E-state index contributed by atoms with van der Waals surface area (Å²) in [5, 5.41) is 0. The Kier molecular flexibility index (Phi) is 3.50. The van der Waals surface area contributed by atoms with Crippen molar-refractivity contribution < 1.29 is 0 Å². The molecule has 2 rings (SSSR count). The van der Waals surface area contributed by atoms with Gasteiger partial charge in [-0.05, 0) is 32.1 Å². The van der Waals surface area contributed by atoms with Crippen LogP contribution in [0.5, 0.6) is 0 Å². The second kappa shape index (κ2) is 4.90. The lowest BCUT2D eigenvalue weighted by Crippen LogP contribution is -2.38. The molecule has 1 atom stereocenters. The Bertz CT molecular complexity index is 389. The number of nitrogens with zero attached hydrogens (tertiary/aromatic N) is 3. The highest BCUT2D eigenvalue weighted by molar-refractivity contribution is 5.45. The maximum atomic E-state index is 5.80. The number of piperidine rings is 1. The summed E-state index contributed by atoms with van der Waals surface area (Å²) in [6.07, 6.45) is 3.79. The highest BCUT2D eigenvalue weighted by atomic mass is 15.2. The molecule has 0 amide bonds. The maximum Gasteiger partial charge on any atom is 0.222 e. The predicted octanol–water partition coefficient (Wildman–Crippen LogP) is 2.56. The first-order valence-electron chi connectivity index (χ1n) is 6.49. The van der Waals surface area contributed by atoms with Crippen molar-refractivity contribution in [2.75, 3.05) is 17.2 Å². The van der Waals surface area contributed by atoms with Crippen LogP contribution in [-0.4, -0.2) is 22.6 Å². The molecule has 0 bridgehead atoms. The quantitative estimate of drug-likeness (QED) is 0.854. The van der Waals surface area contributed by atoms with Gasteiger partial charge in [-0.2, -0.15) is 4.98 Å². The predicted molar refractivity (Wildman–Crippen MR) is 71.2 cm³/mol. The van der Waals surface area contributed by atoms with Crippen LogP contribution in [0.4, 0.5) is 11.8 Å². The molecular weight excluding hydrogens is 212 g/mol. The molecule has 4 nitrogen and oxygen atoms in total. The largest absolute Gasteiger partial charge is 0.368 e. The van der Waals surface area contributed by atoms with Crippen LogP contribution in [0.25, 0.3) is 0 Å². The van der Waals surface area contributed by atoms with Crippen LogP contribution in [-0.2, 0) is 0 Å². The number of rotatable bonds is 2. The summed E-state index contributed by atoms with van der Waals surface area (Å²) in [4.78, 5) is 11.0. The van der Waals surface area contributed by atoms with E-state index in [1.54, 1.807) is 0 Å². The monoisotopic (exact) mass is 234 g/mol. The first-order chi connectivity index (χ1) is 8.08. The van der Waals surface area contributed by atoms with Crippen LogP contribution >= 0.6 is 0 Å². The average Bonchev–Trinajstić information content (AvgIpc) is 2.28. The molecule has 0 radical (unpaired) electrons. The fraction of sp³-hybridized carbons (Fsp3) is 0.692. The summed E-state index contributed by atoms with van der Waals surface area (Å²) in [5.41, 5.74) is 6.83. The van der Waals surface area contributed by atoms with Crippen molar-refractivity contribution in [3.8, 4) is 0 Å². The second-order valence-corrected chi connectivity index (χ2v) is 5.20. The SMILES string of the molecule is CC(C)c1cc(N2CCCCC2C)nc(N)n1. The van der Waals surface area contributed by atoms with Gasteiger partial charge in [0, 0.05) is 18.7 Å². The molecule has 4 heteroatoms. The Labute approximate surface area is 103 Å². The highest BCUT2D eigenvalue weighted by Gasteiger charge is 2.20. The molecule has 1 aliphatic heterocycles. The molecule has 0 spiro atoms. The number of hydrogen-bond acceptors (Lipinski definition) is 4. The number of nitrogens with two attached hydrogens (primary N) is 1. The van der Waals surface area contributed by atoms with E-state index in [1.807, 2.05) is 0 Å². The van der Waals surface area contributed by atoms with Gasteiger partial charge in [0.15, 0.2) is 0 Å². The van der Waals surface area contributed by atoms with Gasteiger partial charge in [0.2, 0.25) is 5.95 Å². The van der Waals surface area contributed by atoms with Gasteiger partial charge in [-0.25, -0.2) is 4.98 Å². The van der Waals surface area contributed by atoms with Gasteiger partial charge >= 0.3 is 0 Å². The summed E-state index contributed by atoms with van der Waals surface area (Å²) in [5.74, 6) is 1.77. The molecule has 1 saturated heterocycles. The summed E-state index contributed by atoms with van der Waals surface area (Å²) < 4.78 is 0. The first kappa shape index (κ1) is 12.1. The molecule has 2 heterocycles. The number of hydrogen-bond donors (Lipinski definition) is 1.